The Morgan fingerprint density at radius 3 is 2.64 bits per heavy atom. The van der Waals surface area contributed by atoms with Gasteiger partial charge in [-0.2, -0.15) is 9.97 Å². The number of nitrogens with one attached hydrogen (secondary N) is 1. The minimum absolute atomic E-state index is 0.00770. The highest BCUT2D eigenvalue weighted by molar-refractivity contribution is 8.14. The second kappa shape index (κ2) is 8.41. The second-order valence-corrected chi connectivity index (χ2v) is 11.4. The molecule has 36 heavy (non-hydrogen) atoms. The molecule has 5 rings (SSSR count). The summed E-state index contributed by atoms with van der Waals surface area (Å²) in [6, 6.07) is 10.6. The molecule has 0 spiro atoms. The lowest BCUT2D eigenvalue weighted by atomic mass is 10.2. The van der Waals surface area contributed by atoms with E-state index in [1.807, 2.05) is 13.8 Å². The fourth-order valence-corrected chi connectivity index (χ4v) is 4.92. The first-order chi connectivity index (χ1) is 17.1. The summed E-state index contributed by atoms with van der Waals surface area (Å²) in [5.41, 5.74) is 8.10. The van der Waals surface area contributed by atoms with E-state index in [-0.39, 0.29) is 39.7 Å². The Balaban J connectivity index is 1.65. The van der Waals surface area contributed by atoms with E-state index < -0.39 is 15.7 Å². The molecule has 0 saturated heterocycles. The Bertz CT molecular complexity index is 1770. The number of rotatable bonds is 6. The first-order valence-corrected chi connectivity index (χ1v) is 13.2. The molecule has 0 amide bonds. The zero-order valence-corrected chi connectivity index (χ0v) is 20.5. The fourth-order valence-electron chi connectivity index (χ4n) is 4.05. The number of imidazole rings is 1. The van der Waals surface area contributed by atoms with Crippen molar-refractivity contribution in [2.75, 3.05) is 17.3 Å². The van der Waals surface area contributed by atoms with E-state index in [0.717, 1.165) is 11.5 Å². The molecule has 12 heteroatoms. The molecule has 10 nitrogen and oxygen atoms in total. The van der Waals surface area contributed by atoms with E-state index >= 15 is 0 Å². The number of benzene rings is 2. The molecule has 2 aromatic carbocycles. The molecule has 186 valence electrons. The summed E-state index contributed by atoms with van der Waals surface area (Å²) in [4.78, 5) is 33.4. The van der Waals surface area contributed by atoms with Crippen LogP contribution in [0.2, 0.25) is 0 Å². The Morgan fingerprint density at radius 1 is 1.17 bits per heavy atom. The molecule has 3 aromatic heterocycles. The number of halogens is 1. The molecule has 0 fully saturated rings. The van der Waals surface area contributed by atoms with Crippen molar-refractivity contribution in [1.82, 2.24) is 19.1 Å². The molecule has 0 bridgehead atoms. The van der Waals surface area contributed by atoms with Crippen molar-refractivity contribution in [3.05, 3.63) is 65.0 Å². The summed E-state index contributed by atoms with van der Waals surface area (Å²) in [5, 5.41) is 3.58. The van der Waals surface area contributed by atoms with Gasteiger partial charge in [0, 0.05) is 16.3 Å². The van der Waals surface area contributed by atoms with E-state index in [9.17, 15) is 18.2 Å². The molecule has 0 atom stereocenters. The van der Waals surface area contributed by atoms with Gasteiger partial charge in [-0.05, 0) is 72.5 Å². The molecule has 5 aromatic rings. The third-order valence-electron chi connectivity index (χ3n) is 5.87. The average molecular weight is 511 g/mol. The van der Waals surface area contributed by atoms with Crippen molar-refractivity contribution in [2.24, 2.45) is 0 Å². The zero-order valence-electron chi connectivity index (χ0n) is 19.6. The Hall–Kier alpha value is -4.32. The van der Waals surface area contributed by atoms with Crippen LogP contribution in [-0.4, -0.2) is 35.2 Å². The first kappa shape index (κ1) is 23.4. The monoisotopic (exact) mass is 510 g/mol. The molecular formula is C24H23FN6O4S. The lowest BCUT2D eigenvalue weighted by molar-refractivity contribution is 0.565. The summed E-state index contributed by atoms with van der Waals surface area (Å²) in [6.45, 7) is 3.68. The van der Waals surface area contributed by atoms with Crippen molar-refractivity contribution in [2.45, 2.75) is 24.8 Å². The number of carbonyl (C=O) groups excluding carboxylic acids is 1. The van der Waals surface area contributed by atoms with Crippen molar-refractivity contribution >= 4 is 55.1 Å². The molecule has 0 aliphatic heterocycles. The number of carbonyl (C=O) groups is 1. The number of hydrogen-bond donors (Lipinski definition) is 3. The maximum Gasteiger partial charge on any atom is 0.335 e. The van der Waals surface area contributed by atoms with Crippen molar-refractivity contribution in [1.29, 1.82) is 0 Å². The normalized spacial score (nSPS) is 12.5. The summed E-state index contributed by atoms with van der Waals surface area (Å²) >= 11 is 0. The number of nitrogens with zero attached hydrogens (tertiary/aromatic N) is 4. The molecule has 0 saturated carbocycles. The van der Waals surface area contributed by atoms with Crippen molar-refractivity contribution in [3.8, 4) is 5.69 Å². The predicted octanol–water partition coefficient (Wildman–Crippen LogP) is 3.57. The van der Waals surface area contributed by atoms with E-state index in [1.165, 1.54) is 27.5 Å². The van der Waals surface area contributed by atoms with Crippen LogP contribution in [0.4, 0.5) is 21.8 Å². The maximum atomic E-state index is 14.8. The number of nitrogen functional groups attached to an aromatic ring is 1. The number of anilines is 3. The number of hydrogen-bond acceptors (Lipinski definition) is 8. The Morgan fingerprint density at radius 2 is 1.94 bits per heavy atom. The summed E-state index contributed by atoms with van der Waals surface area (Å²) in [5.74, 6) is -0.758. The summed E-state index contributed by atoms with van der Waals surface area (Å²) in [7, 11) is -3.30. The van der Waals surface area contributed by atoms with Gasteiger partial charge in [0.05, 0.1) is 17.6 Å². The molecule has 0 radical (unpaired) electrons. The van der Waals surface area contributed by atoms with Gasteiger partial charge in [-0.3, -0.25) is 18.1 Å². The molecule has 3 heterocycles. The van der Waals surface area contributed by atoms with Crippen molar-refractivity contribution < 1.29 is 17.8 Å². The largest absolute Gasteiger partial charge is 0.464 e. The number of fused-ring (bicyclic) bond motifs is 2. The smallest absolute Gasteiger partial charge is 0.335 e. The number of aromatic nitrogens is 4. The molecule has 0 aliphatic rings. The Kier molecular flexibility index (Phi) is 5.47. The van der Waals surface area contributed by atoms with Crippen LogP contribution < -0.4 is 16.7 Å². The van der Waals surface area contributed by atoms with Gasteiger partial charge in [-0.15, -0.1) is 0 Å². The van der Waals surface area contributed by atoms with Crippen LogP contribution in [-0.2, 0) is 14.7 Å². The standard InChI is InChI=1S/C24H23FN6O4S/c1-13(2)30-22-20(31(24(30)33)15-4-7-19-14(10-15)8-9-35-19)21(26)28-23(29-22)27-18-6-5-16(11-17(18)25)36(3,34)12-32/h4-13,36H,1-3H3,(H3,26,27,28,29). The average Bonchev–Trinajstić information content (AvgIpc) is 3.41. The van der Waals surface area contributed by atoms with E-state index in [1.54, 1.807) is 30.5 Å². The second-order valence-electron chi connectivity index (χ2n) is 8.71. The van der Waals surface area contributed by atoms with Gasteiger partial charge in [0.15, 0.2) is 17.1 Å². The van der Waals surface area contributed by atoms with Gasteiger partial charge >= 0.3 is 5.69 Å². The van der Waals surface area contributed by atoms with Crippen LogP contribution in [0.5, 0.6) is 0 Å². The quantitative estimate of drug-likeness (QED) is 0.233. The third kappa shape index (κ3) is 3.75. The van der Waals surface area contributed by atoms with Gasteiger partial charge in [-0.1, -0.05) is 0 Å². The van der Waals surface area contributed by atoms with Crippen LogP contribution in [0.25, 0.3) is 27.8 Å². The van der Waals surface area contributed by atoms with Crippen LogP contribution in [0.1, 0.15) is 19.9 Å². The number of furan rings is 1. The highest BCUT2D eigenvalue weighted by atomic mass is 32.2. The van der Waals surface area contributed by atoms with Gasteiger partial charge in [0.1, 0.15) is 16.9 Å². The summed E-state index contributed by atoms with van der Waals surface area (Å²) in [6.07, 6.45) is 2.83. The lowest BCUT2D eigenvalue weighted by Gasteiger charge is -2.13. The van der Waals surface area contributed by atoms with Gasteiger partial charge in [0.2, 0.25) is 5.95 Å². The van der Waals surface area contributed by atoms with Gasteiger partial charge in [-0.25, -0.2) is 9.18 Å². The van der Waals surface area contributed by atoms with E-state index in [0.29, 0.717) is 22.4 Å². The molecule has 0 unspecified atom stereocenters. The van der Waals surface area contributed by atoms with Crippen LogP contribution >= 0.6 is 0 Å². The third-order valence-corrected chi connectivity index (χ3v) is 7.57. The first-order valence-electron chi connectivity index (χ1n) is 11.0. The molecule has 0 aliphatic carbocycles. The minimum Gasteiger partial charge on any atom is -0.464 e. The SMILES string of the molecule is CC(C)n1c(=O)n(-c2ccc3occc3c2)c2c(N)nc(Nc3ccc([SH](C)(=O)C=O)cc3F)nc21. The maximum absolute atomic E-state index is 14.8. The van der Waals surface area contributed by atoms with E-state index in [4.69, 9.17) is 10.2 Å². The lowest BCUT2D eigenvalue weighted by Crippen LogP contribution is -2.24. The van der Waals surface area contributed by atoms with Crippen LogP contribution in [0.15, 0.2) is 62.8 Å². The zero-order chi connectivity index (χ0) is 25.8. The topological polar surface area (TPSA) is 138 Å². The molecule has 3 N–H and O–H groups in total. The van der Waals surface area contributed by atoms with Gasteiger partial charge in [0.25, 0.3) is 0 Å². The highest BCUT2D eigenvalue weighted by Gasteiger charge is 2.23. The highest BCUT2D eigenvalue weighted by Crippen LogP contribution is 2.29. The Labute approximate surface area is 205 Å². The van der Waals surface area contributed by atoms with Crippen LogP contribution in [0, 0.1) is 5.82 Å². The number of thiol groups is 1. The van der Waals surface area contributed by atoms with E-state index in [2.05, 4.69) is 15.3 Å². The fraction of sp³-hybridized carbons (Fsp3) is 0.167. The summed E-state index contributed by atoms with van der Waals surface area (Å²) < 4.78 is 35.3. The predicted molar refractivity (Wildman–Crippen MR) is 138 cm³/mol. The number of nitrogens with two attached hydrogens (primary N) is 1. The van der Waals surface area contributed by atoms with Crippen LogP contribution in [0.3, 0.4) is 0 Å². The minimum atomic E-state index is -3.30. The van der Waals surface area contributed by atoms with Crippen molar-refractivity contribution in [3.63, 3.8) is 0 Å². The van der Waals surface area contributed by atoms with Gasteiger partial charge < -0.3 is 15.5 Å². The molecular weight excluding hydrogens is 487 g/mol.